The summed E-state index contributed by atoms with van der Waals surface area (Å²) in [6.07, 6.45) is 0. The Balaban J connectivity index is 1.70. The Hall–Kier alpha value is -3.96. The fourth-order valence-electron chi connectivity index (χ4n) is 2.73. The van der Waals surface area contributed by atoms with E-state index in [9.17, 15) is 28.5 Å². The van der Waals surface area contributed by atoms with Crippen molar-refractivity contribution in [3.05, 3.63) is 62.6 Å². The molecule has 0 aliphatic rings. The molecule has 0 atom stereocenters. The normalized spacial score (nSPS) is 10.9. The highest BCUT2D eigenvalue weighted by atomic mass is 19.3. The van der Waals surface area contributed by atoms with Gasteiger partial charge in [-0.25, -0.2) is 4.79 Å². The second-order valence-electron chi connectivity index (χ2n) is 6.00. The highest BCUT2D eigenvalue weighted by Crippen LogP contribution is 2.29. The summed E-state index contributed by atoms with van der Waals surface area (Å²) in [5, 5.41) is 13.4. The Kier molecular flexibility index (Phi) is 5.95. The Morgan fingerprint density at radius 1 is 1.27 bits per heavy atom. The van der Waals surface area contributed by atoms with E-state index in [0.29, 0.717) is 5.56 Å². The van der Waals surface area contributed by atoms with Gasteiger partial charge in [0.2, 0.25) is 5.91 Å². The molecular formula is C18H15F2N3O7. The van der Waals surface area contributed by atoms with Gasteiger partial charge < -0.3 is 19.2 Å². The molecule has 0 fully saturated rings. The highest BCUT2D eigenvalue weighted by Gasteiger charge is 2.16. The molecule has 0 aliphatic heterocycles. The van der Waals surface area contributed by atoms with E-state index in [1.807, 2.05) is 0 Å². The van der Waals surface area contributed by atoms with Crippen molar-refractivity contribution < 1.29 is 32.4 Å². The summed E-state index contributed by atoms with van der Waals surface area (Å²) in [7, 11) is 1.29. The minimum atomic E-state index is -3.01. The summed E-state index contributed by atoms with van der Waals surface area (Å²) in [6.45, 7) is -3.36. The zero-order valence-electron chi connectivity index (χ0n) is 15.5. The van der Waals surface area contributed by atoms with Crippen molar-refractivity contribution >= 4 is 22.7 Å². The monoisotopic (exact) mass is 423 g/mol. The first-order valence-corrected chi connectivity index (χ1v) is 8.44. The van der Waals surface area contributed by atoms with Gasteiger partial charge in [0.1, 0.15) is 6.54 Å². The number of aromatic nitrogens is 1. The van der Waals surface area contributed by atoms with Crippen LogP contribution in [0.15, 0.2) is 45.6 Å². The van der Waals surface area contributed by atoms with Crippen LogP contribution < -0.4 is 20.5 Å². The van der Waals surface area contributed by atoms with Crippen LogP contribution in [0.5, 0.6) is 11.5 Å². The van der Waals surface area contributed by atoms with Crippen LogP contribution in [-0.2, 0) is 17.9 Å². The number of nitrogens with one attached hydrogen (secondary N) is 1. The second kappa shape index (κ2) is 8.59. The number of halogens is 2. The van der Waals surface area contributed by atoms with Crippen LogP contribution in [-0.4, -0.2) is 29.1 Å². The molecule has 0 aliphatic carbocycles. The molecule has 3 aromatic rings. The minimum absolute atomic E-state index is 0.0126. The number of nitro benzene ring substituents is 1. The van der Waals surface area contributed by atoms with Crippen molar-refractivity contribution in [3.63, 3.8) is 0 Å². The van der Waals surface area contributed by atoms with Gasteiger partial charge in [-0.15, -0.1) is 0 Å². The van der Waals surface area contributed by atoms with Crippen molar-refractivity contribution in [3.8, 4) is 11.5 Å². The lowest BCUT2D eigenvalue weighted by Gasteiger charge is -2.12. The van der Waals surface area contributed by atoms with Crippen molar-refractivity contribution in [1.29, 1.82) is 0 Å². The number of oxazole rings is 1. The van der Waals surface area contributed by atoms with E-state index in [0.717, 1.165) is 10.6 Å². The quantitative estimate of drug-likeness (QED) is 0.436. The number of alkyl halides is 2. The van der Waals surface area contributed by atoms with Crippen LogP contribution >= 0.6 is 0 Å². The third kappa shape index (κ3) is 4.54. The molecule has 1 aromatic heterocycles. The predicted octanol–water partition coefficient (Wildman–Crippen LogP) is 2.43. The number of hydrogen-bond donors (Lipinski definition) is 1. The van der Waals surface area contributed by atoms with Crippen LogP contribution in [0.4, 0.5) is 14.5 Å². The number of rotatable bonds is 8. The molecule has 0 unspecified atom stereocenters. The molecule has 0 bridgehead atoms. The molecule has 10 nitrogen and oxygen atoms in total. The molecule has 0 radical (unpaired) electrons. The smallest absolute Gasteiger partial charge is 0.420 e. The van der Waals surface area contributed by atoms with Crippen molar-refractivity contribution in [1.82, 2.24) is 9.88 Å². The Bertz CT molecular complexity index is 1160. The number of non-ortho nitro benzene ring substituents is 1. The molecule has 0 saturated heterocycles. The number of fused-ring (bicyclic) bond motifs is 1. The summed E-state index contributed by atoms with van der Waals surface area (Å²) in [5.74, 6) is -1.45. The zero-order valence-corrected chi connectivity index (χ0v) is 15.5. The van der Waals surface area contributed by atoms with Crippen LogP contribution in [0, 0.1) is 10.1 Å². The predicted molar refractivity (Wildman–Crippen MR) is 98.6 cm³/mol. The molecule has 0 spiro atoms. The second-order valence-corrected chi connectivity index (χ2v) is 6.00. The van der Waals surface area contributed by atoms with Crippen molar-refractivity contribution in [2.75, 3.05) is 7.11 Å². The van der Waals surface area contributed by atoms with Gasteiger partial charge in [0.05, 0.1) is 23.6 Å². The number of carbonyl (C=O) groups excluding carboxylic acids is 1. The maximum atomic E-state index is 12.4. The van der Waals surface area contributed by atoms with Crippen LogP contribution in [0.25, 0.3) is 11.1 Å². The third-order valence-electron chi connectivity index (χ3n) is 4.10. The van der Waals surface area contributed by atoms with Gasteiger partial charge in [-0.2, -0.15) is 8.78 Å². The summed E-state index contributed by atoms with van der Waals surface area (Å²) in [6, 6.07) is 7.79. The standard InChI is InChI=1S/C18H15F2N3O7/c1-28-15-6-10(2-5-13(15)29-17(19)20)8-21-16(24)9-22-12-4-3-11(23(26)27)7-14(12)30-18(22)25/h2-7,17H,8-9H2,1H3,(H,21,24). The summed E-state index contributed by atoms with van der Waals surface area (Å²) >= 11 is 0. The van der Waals surface area contributed by atoms with Crippen LogP contribution in [0.1, 0.15) is 5.56 Å². The van der Waals surface area contributed by atoms with Crippen molar-refractivity contribution in [2.24, 2.45) is 0 Å². The lowest BCUT2D eigenvalue weighted by Crippen LogP contribution is -2.30. The number of carbonyl (C=O) groups is 1. The van der Waals surface area contributed by atoms with Gasteiger partial charge in [0, 0.05) is 12.6 Å². The number of ether oxygens (including phenoxy) is 2. The number of methoxy groups -OCH3 is 1. The van der Waals surface area contributed by atoms with Gasteiger partial charge in [-0.05, 0) is 23.8 Å². The molecule has 0 saturated carbocycles. The average molecular weight is 423 g/mol. The van der Waals surface area contributed by atoms with Crippen molar-refractivity contribution in [2.45, 2.75) is 19.7 Å². The third-order valence-corrected chi connectivity index (χ3v) is 4.10. The number of hydrogen-bond acceptors (Lipinski definition) is 7. The first kappa shape index (κ1) is 20.8. The molecule has 2 aromatic carbocycles. The number of nitro groups is 1. The number of nitrogens with zero attached hydrogens (tertiary/aromatic N) is 2. The van der Waals surface area contributed by atoms with E-state index in [1.54, 1.807) is 0 Å². The van der Waals surface area contributed by atoms with Crippen LogP contribution in [0.2, 0.25) is 0 Å². The summed E-state index contributed by atoms with van der Waals surface area (Å²) in [4.78, 5) is 34.4. The van der Waals surface area contributed by atoms with Gasteiger partial charge in [-0.3, -0.25) is 19.5 Å². The van der Waals surface area contributed by atoms with E-state index in [-0.39, 0.29) is 41.4 Å². The van der Waals surface area contributed by atoms with E-state index in [4.69, 9.17) is 9.15 Å². The van der Waals surface area contributed by atoms with E-state index >= 15 is 0 Å². The first-order chi connectivity index (χ1) is 14.3. The van der Waals surface area contributed by atoms with E-state index in [2.05, 4.69) is 10.1 Å². The Labute approximate surface area is 166 Å². The molecule has 12 heteroatoms. The molecule has 3 rings (SSSR count). The fraction of sp³-hybridized carbons (Fsp3) is 0.222. The Morgan fingerprint density at radius 2 is 2.03 bits per heavy atom. The lowest BCUT2D eigenvalue weighted by molar-refractivity contribution is -0.384. The topological polar surface area (TPSA) is 126 Å². The largest absolute Gasteiger partial charge is 0.493 e. The van der Waals surface area contributed by atoms with E-state index < -0.39 is 23.2 Å². The molecule has 30 heavy (non-hydrogen) atoms. The van der Waals surface area contributed by atoms with Gasteiger partial charge in [0.25, 0.3) is 5.69 Å². The first-order valence-electron chi connectivity index (χ1n) is 8.44. The average Bonchev–Trinajstić information content (AvgIpc) is 3.01. The minimum Gasteiger partial charge on any atom is -0.493 e. The van der Waals surface area contributed by atoms with E-state index in [1.165, 1.54) is 37.4 Å². The maximum Gasteiger partial charge on any atom is 0.420 e. The number of amides is 1. The molecule has 1 N–H and O–H groups in total. The number of benzene rings is 2. The molecule has 158 valence electrons. The SMILES string of the molecule is COc1cc(CNC(=O)Cn2c(=O)oc3cc([N+](=O)[O-])ccc32)ccc1OC(F)F. The molecule has 1 heterocycles. The zero-order chi connectivity index (χ0) is 21.8. The maximum absolute atomic E-state index is 12.4. The van der Waals surface area contributed by atoms with Crippen LogP contribution in [0.3, 0.4) is 0 Å². The molecular weight excluding hydrogens is 408 g/mol. The summed E-state index contributed by atoms with van der Waals surface area (Å²) in [5.41, 5.74) is 0.514. The Morgan fingerprint density at radius 3 is 2.70 bits per heavy atom. The summed E-state index contributed by atoms with van der Waals surface area (Å²) < 4.78 is 40.1. The van der Waals surface area contributed by atoms with Gasteiger partial charge >= 0.3 is 12.4 Å². The van der Waals surface area contributed by atoms with Gasteiger partial charge in [0.15, 0.2) is 17.1 Å². The van der Waals surface area contributed by atoms with Gasteiger partial charge in [-0.1, -0.05) is 6.07 Å². The molecule has 1 amide bonds. The highest BCUT2D eigenvalue weighted by molar-refractivity contribution is 5.80. The lowest BCUT2D eigenvalue weighted by atomic mass is 10.2. The fourth-order valence-corrected chi connectivity index (χ4v) is 2.73.